The minimum absolute atomic E-state index is 0.411. The maximum Gasteiger partial charge on any atom is 0.113 e. The van der Waals surface area contributed by atoms with E-state index in [-0.39, 0.29) is 0 Å². The molecule has 0 spiro atoms. The van der Waals surface area contributed by atoms with Gasteiger partial charge >= 0.3 is 0 Å². The maximum atomic E-state index is 8.34. The monoisotopic (exact) mass is 196 g/mol. The summed E-state index contributed by atoms with van der Waals surface area (Å²) in [6.07, 6.45) is 0.650. The van der Waals surface area contributed by atoms with Gasteiger partial charge in [0.15, 0.2) is 0 Å². The van der Waals surface area contributed by atoms with Crippen molar-refractivity contribution in [3.8, 4) is 0 Å². The van der Waals surface area contributed by atoms with Crippen molar-refractivity contribution in [2.45, 2.75) is 31.5 Å². The molecule has 78 valence electrons. The zero-order valence-electron chi connectivity index (χ0n) is 6.78. The lowest BCUT2D eigenvalue weighted by molar-refractivity contribution is -0.535. The van der Waals surface area contributed by atoms with Gasteiger partial charge in [0.25, 0.3) is 0 Å². The largest absolute Gasteiger partial charge is 0.266 e. The van der Waals surface area contributed by atoms with Crippen LogP contribution in [-0.4, -0.2) is 43.8 Å². The molecule has 2 atom stereocenters. The van der Waals surface area contributed by atoms with Crippen molar-refractivity contribution >= 4 is 0 Å². The van der Waals surface area contributed by atoms with E-state index in [0.29, 0.717) is 12.8 Å². The van der Waals surface area contributed by atoms with Crippen LogP contribution in [0.1, 0.15) is 19.3 Å². The Balaban J connectivity index is 2.35. The van der Waals surface area contributed by atoms with Gasteiger partial charge in [-0.3, -0.25) is 20.8 Å². The van der Waals surface area contributed by atoms with Gasteiger partial charge in [-0.05, 0) is 19.3 Å². The van der Waals surface area contributed by atoms with Crippen LogP contribution in [0.2, 0.25) is 0 Å². The molecule has 4 N–H and O–H groups in total. The molecule has 13 heavy (non-hydrogen) atoms. The molecule has 0 aromatic carbocycles. The van der Waals surface area contributed by atoms with E-state index < -0.39 is 23.0 Å². The smallest absolute Gasteiger partial charge is 0.113 e. The molecule has 0 aliphatic heterocycles. The highest BCUT2D eigenvalue weighted by atomic mass is 17.1. The summed E-state index contributed by atoms with van der Waals surface area (Å²) in [5.74, 6) is 0. The first-order valence-electron chi connectivity index (χ1n) is 3.79. The standard InChI is InChI=1S/C5H12N2O6/c8-6(9)12-4-2-1-3-5(4)13-7(10)11/h4-5,8-11H,1-3H2/t4-,5+. The van der Waals surface area contributed by atoms with Gasteiger partial charge in [-0.2, -0.15) is 0 Å². The number of hydrogen-bond donors (Lipinski definition) is 4. The van der Waals surface area contributed by atoms with E-state index in [0.717, 1.165) is 6.42 Å². The highest BCUT2D eigenvalue weighted by Gasteiger charge is 2.32. The Morgan fingerprint density at radius 2 is 1.23 bits per heavy atom. The van der Waals surface area contributed by atoms with E-state index in [4.69, 9.17) is 20.8 Å². The SMILES string of the molecule is ON(O)O[C@H]1CCC[C@H]1ON(O)O. The average Bonchev–Trinajstić information content (AvgIpc) is 2.34. The van der Waals surface area contributed by atoms with E-state index in [1.807, 2.05) is 0 Å². The quantitative estimate of drug-likeness (QED) is 0.463. The molecule has 8 heteroatoms. The first-order valence-corrected chi connectivity index (χ1v) is 3.79. The van der Waals surface area contributed by atoms with Crippen LogP contribution in [0.5, 0.6) is 0 Å². The Labute approximate surface area is 73.8 Å². The average molecular weight is 196 g/mol. The number of nitrogens with zero attached hydrogens (tertiary/aromatic N) is 2. The lowest BCUT2D eigenvalue weighted by atomic mass is 10.3. The van der Waals surface area contributed by atoms with Crippen molar-refractivity contribution in [2.24, 2.45) is 0 Å². The maximum absolute atomic E-state index is 8.34. The van der Waals surface area contributed by atoms with Gasteiger partial charge < -0.3 is 0 Å². The van der Waals surface area contributed by atoms with Crippen LogP contribution in [0.15, 0.2) is 0 Å². The van der Waals surface area contributed by atoms with Gasteiger partial charge in [-0.15, -0.1) is 0 Å². The van der Waals surface area contributed by atoms with Crippen molar-refractivity contribution in [1.29, 1.82) is 0 Å². The van der Waals surface area contributed by atoms with Crippen molar-refractivity contribution in [3.63, 3.8) is 0 Å². The predicted molar refractivity (Wildman–Crippen MR) is 34.4 cm³/mol. The summed E-state index contributed by atoms with van der Waals surface area (Å²) in [6.45, 7) is 0. The van der Waals surface area contributed by atoms with E-state index in [9.17, 15) is 0 Å². The molecule has 0 unspecified atom stereocenters. The molecule has 0 radical (unpaired) electrons. The zero-order valence-corrected chi connectivity index (χ0v) is 6.78. The van der Waals surface area contributed by atoms with E-state index >= 15 is 0 Å². The van der Waals surface area contributed by atoms with Crippen molar-refractivity contribution in [3.05, 3.63) is 0 Å². The molecule has 0 heterocycles. The van der Waals surface area contributed by atoms with Crippen molar-refractivity contribution in [2.75, 3.05) is 0 Å². The Morgan fingerprint density at radius 1 is 0.846 bits per heavy atom. The molecule has 1 rings (SSSR count). The van der Waals surface area contributed by atoms with Crippen LogP contribution in [0.3, 0.4) is 0 Å². The summed E-state index contributed by atoms with van der Waals surface area (Å²) in [5, 5.41) is 32.5. The fraction of sp³-hybridized carbons (Fsp3) is 1.00. The third-order valence-electron chi connectivity index (χ3n) is 1.85. The van der Waals surface area contributed by atoms with Crippen LogP contribution >= 0.6 is 0 Å². The fourth-order valence-corrected chi connectivity index (χ4v) is 1.38. The second kappa shape index (κ2) is 4.79. The molecule has 0 amide bonds. The summed E-state index contributed by atoms with van der Waals surface area (Å²) in [5.41, 5.74) is 0. The van der Waals surface area contributed by atoms with Gasteiger partial charge in [0.1, 0.15) is 12.2 Å². The van der Waals surface area contributed by atoms with Gasteiger partial charge in [-0.25, -0.2) is 9.68 Å². The predicted octanol–water partition coefficient (Wildman–Crippen LogP) is -0.0685. The van der Waals surface area contributed by atoms with E-state index in [2.05, 4.69) is 9.68 Å². The van der Waals surface area contributed by atoms with Crippen molar-refractivity contribution < 1.29 is 30.5 Å². The molecule has 1 fully saturated rings. The summed E-state index contributed by atoms with van der Waals surface area (Å²) in [7, 11) is 0. The highest BCUT2D eigenvalue weighted by molar-refractivity contribution is 4.77. The number of hydrogen-bond acceptors (Lipinski definition) is 8. The molecule has 1 aliphatic rings. The van der Waals surface area contributed by atoms with Gasteiger partial charge in [0.2, 0.25) is 0 Å². The van der Waals surface area contributed by atoms with E-state index in [1.54, 1.807) is 0 Å². The second-order valence-corrected chi connectivity index (χ2v) is 2.72. The number of rotatable bonds is 4. The van der Waals surface area contributed by atoms with Crippen LogP contribution in [0.4, 0.5) is 0 Å². The minimum Gasteiger partial charge on any atom is -0.266 e. The molecule has 0 aromatic heterocycles. The lowest BCUT2D eigenvalue weighted by Crippen LogP contribution is -2.35. The molecule has 1 aliphatic carbocycles. The van der Waals surface area contributed by atoms with E-state index in [1.165, 1.54) is 0 Å². The second-order valence-electron chi connectivity index (χ2n) is 2.72. The van der Waals surface area contributed by atoms with Crippen LogP contribution in [-0.2, 0) is 9.68 Å². The Bertz CT molecular complexity index is 138. The van der Waals surface area contributed by atoms with Gasteiger partial charge in [0.05, 0.1) is 10.8 Å². The summed E-state index contributed by atoms with van der Waals surface area (Å²) >= 11 is 0. The lowest BCUT2D eigenvalue weighted by Gasteiger charge is -2.21. The molecule has 1 saturated carbocycles. The molecular formula is C5H12N2O6. The Morgan fingerprint density at radius 3 is 1.54 bits per heavy atom. The topological polar surface area (TPSA) is 106 Å². The molecule has 0 bridgehead atoms. The van der Waals surface area contributed by atoms with Crippen LogP contribution in [0.25, 0.3) is 0 Å². The first kappa shape index (κ1) is 10.8. The highest BCUT2D eigenvalue weighted by Crippen LogP contribution is 2.25. The van der Waals surface area contributed by atoms with Crippen LogP contribution in [0, 0.1) is 0 Å². The summed E-state index contributed by atoms with van der Waals surface area (Å²) < 4.78 is 0. The molecule has 0 saturated heterocycles. The molecule has 0 aromatic rings. The Kier molecular flexibility index (Phi) is 3.96. The summed E-state index contributed by atoms with van der Waals surface area (Å²) in [4.78, 5) is 8.99. The van der Waals surface area contributed by atoms with Crippen molar-refractivity contribution in [1.82, 2.24) is 10.8 Å². The third-order valence-corrected chi connectivity index (χ3v) is 1.85. The molecular weight excluding hydrogens is 184 g/mol. The zero-order chi connectivity index (χ0) is 9.84. The van der Waals surface area contributed by atoms with Gasteiger partial charge in [-0.1, -0.05) is 0 Å². The third kappa shape index (κ3) is 3.50. The first-order chi connectivity index (χ1) is 6.09. The molecule has 8 nitrogen and oxygen atoms in total. The van der Waals surface area contributed by atoms with Gasteiger partial charge in [0, 0.05) is 0 Å². The van der Waals surface area contributed by atoms with Crippen LogP contribution < -0.4 is 0 Å². The summed E-state index contributed by atoms with van der Waals surface area (Å²) in [6, 6.07) is 0. The normalized spacial score (nSPS) is 29.1. The minimum atomic E-state index is -0.600. The fourth-order valence-electron chi connectivity index (χ4n) is 1.38. The Hall–Kier alpha value is -0.320.